The molecule has 3 aromatic heterocycles. The molecule has 4 heterocycles. The molecule has 0 saturated carbocycles. The molecule has 1 atom stereocenters. The first-order valence-electron chi connectivity index (χ1n) is 9.90. The highest BCUT2D eigenvalue weighted by Gasteiger charge is 2.24. The van der Waals surface area contributed by atoms with Crippen molar-refractivity contribution in [1.29, 1.82) is 0 Å². The quantitative estimate of drug-likeness (QED) is 0.437. The molecule has 0 radical (unpaired) electrons. The van der Waals surface area contributed by atoms with Crippen LogP contribution in [0, 0.1) is 11.7 Å². The van der Waals surface area contributed by atoms with Gasteiger partial charge >= 0.3 is 0 Å². The number of para-hydroxylation sites is 1. The molecule has 4 aromatic rings. The molecule has 0 N–H and O–H groups in total. The van der Waals surface area contributed by atoms with Crippen molar-refractivity contribution in [2.45, 2.75) is 32.6 Å². The molecule has 5 nitrogen and oxygen atoms in total. The van der Waals surface area contributed by atoms with Crippen molar-refractivity contribution in [2.75, 3.05) is 11.5 Å². The first kappa shape index (κ1) is 18.8. The normalized spacial score (nSPS) is 17.0. The fourth-order valence-electron chi connectivity index (χ4n) is 4.09. The number of hydrogen-bond donors (Lipinski definition) is 0. The second kappa shape index (κ2) is 7.89. The highest BCUT2D eigenvalue weighted by Crippen LogP contribution is 2.25. The number of pyridine rings is 2. The Morgan fingerprint density at radius 1 is 1.21 bits per heavy atom. The smallest absolute Gasteiger partial charge is 0.204 e. The molecule has 0 amide bonds. The Morgan fingerprint density at radius 2 is 2.07 bits per heavy atom. The van der Waals surface area contributed by atoms with Gasteiger partial charge in [-0.05, 0) is 61.1 Å². The van der Waals surface area contributed by atoms with Gasteiger partial charge in [0.25, 0.3) is 0 Å². The minimum Gasteiger partial charge on any atom is -0.275 e. The van der Waals surface area contributed by atoms with E-state index in [0.717, 1.165) is 33.9 Å². The van der Waals surface area contributed by atoms with Crippen molar-refractivity contribution in [3.8, 4) is 0 Å². The largest absolute Gasteiger partial charge is 0.275 e. The lowest BCUT2D eigenvalue weighted by Crippen LogP contribution is -2.37. The Bertz CT molecular complexity index is 1210. The molecule has 1 fully saturated rings. The van der Waals surface area contributed by atoms with Crippen LogP contribution in [-0.4, -0.2) is 41.6 Å². The van der Waals surface area contributed by atoms with E-state index in [0.29, 0.717) is 12.7 Å². The van der Waals surface area contributed by atoms with E-state index >= 15 is 0 Å². The molecular formula is C22H23N5S2. The van der Waals surface area contributed by atoms with Crippen LogP contribution in [0.2, 0.25) is 0 Å². The number of benzene rings is 1. The molecular weight excluding hydrogens is 398 g/mol. The fourth-order valence-corrected chi connectivity index (χ4v) is 5.63. The van der Waals surface area contributed by atoms with Crippen LogP contribution in [0.3, 0.4) is 0 Å². The van der Waals surface area contributed by atoms with Crippen LogP contribution in [0.15, 0.2) is 54.7 Å². The van der Waals surface area contributed by atoms with E-state index in [9.17, 15) is 0 Å². The Hall–Kier alpha value is -2.22. The summed E-state index contributed by atoms with van der Waals surface area (Å²) in [6.45, 7) is 3.62. The number of thioether (sulfide) groups is 1. The third-order valence-electron chi connectivity index (χ3n) is 5.61. The van der Waals surface area contributed by atoms with E-state index in [1.807, 2.05) is 28.7 Å². The zero-order chi connectivity index (χ0) is 19.8. The molecule has 1 saturated heterocycles. The van der Waals surface area contributed by atoms with Crippen molar-refractivity contribution in [3.05, 3.63) is 70.8 Å². The summed E-state index contributed by atoms with van der Waals surface area (Å²) in [6.07, 6.45) is 3.06. The average Bonchev–Trinajstić information content (AvgIpc) is 3.37. The minimum absolute atomic E-state index is 0.521. The fraction of sp³-hybridized carbons (Fsp3) is 0.318. The molecule has 0 bridgehead atoms. The van der Waals surface area contributed by atoms with Crippen molar-refractivity contribution >= 4 is 40.5 Å². The van der Waals surface area contributed by atoms with Crippen LogP contribution >= 0.6 is 24.0 Å². The summed E-state index contributed by atoms with van der Waals surface area (Å²) in [5.41, 5.74) is 4.33. The molecule has 1 aliphatic rings. The van der Waals surface area contributed by atoms with Crippen LogP contribution in [0.25, 0.3) is 16.6 Å². The maximum Gasteiger partial charge on any atom is 0.204 e. The van der Waals surface area contributed by atoms with Gasteiger partial charge in [0, 0.05) is 29.9 Å². The Kier molecular flexibility index (Phi) is 5.11. The molecule has 5 rings (SSSR count). The predicted octanol–water partition coefficient (Wildman–Crippen LogP) is 4.69. The molecule has 1 aromatic carbocycles. The van der Waals surface area contributed by atoms with Crippen molar-refractivity contribution in [2.24, 2.45) is 0 Å². The summed E-state index contributed by atoms with van der Waals surface area (Å²) in [5, 5.41) is 6.10. The molecule has 29 heavy (non-hydrogen) atoms. The van der Waals surface area contributed by atoms with Gasteiger partial charge in [0.1, 0.15) is 0 Å². The third kappa shape index (κ3) is 3.58. The lowest BCUT2D eigenvalue weighted by Gasteiger charge is -2.27. The van der Waals surface area contributed by atoms with Crippen molar-refractivity contribution in [1.82, 2.24) is 24.1 Å². The number of hydrogen-bond acceptors (Lipinski definition) is 5. The van der Waals surface area contributed by atoms with Crippen molar-refractivity contribution in [3.63, 3.8) is 0 Å². The Balaban J connectivity index is 1.55. The summed E-state index contributed by atoms with van der Waals surface area (Å²) in [4.78, 5) is 7.01. The first-order valence-corrected chi connectivity index (χ1v) is 11.5. The summed E-state index contributed by atoms with van der Waals surface area (Å²) in [7, 11) is 0. The number of fused-ring (bicyclic) bond motifs is 3. The van der Waals surface area contributed by atoms with E-state index in [1.165, 1.54) is 23.1 Å². The van der Waals surface area contributed by atoms with Gasteiger partial charge in [0.2, 0.25) is 4.77 Å². The second-order valence-electron chi connectivity index (χ2n) is 7.55. The summed E-state index contributed by atoms with van der Waals surface area (Å²) < 4.78 is 4.82. The zero-order valence-corrected chi connectivity index (χ0v) is 18.0. The Labute approximate surface area is 179 Å². The number of aromatic nitrogens is 4. The van der Waals surface area contributed by atoms with Crippen LogP contribution in [-0.2, 0) is 13.2 Å². The van der Waals surface area contributed by atoms with E-state index in [2.05, 4.69) is 63.7 Å². The van der Waals surface area contributed by atoms with Crippen LogP contribution in [0.4, 0.5) is 0 Å². The zero-order valence-electron chi connectivity index (χ0n) is 16.4. The summed E-state index contributed by atoms with van der Waals surface area (Å²) in [5.74, 6) is 2.36. The van der Waals surface area contributed by atoms with Crippen molar-refractivity contribution < 1.29 is 0 Å². The topological polar surface area (TPSA) is 38.4 Å². The second-order valence-corrected chi connectivity index (χ2v) is 9.06. The molecule has 0 aliphatic carbocycles. The third-order valence-corrected chi connectivity index (χ3v) is 7.15. The van der Waals surface area contributed by atoms with Gasteiger partial charge in [-0.1, -0.05) is 24.3 Å². The van der Waals surface area contributed by atoms with Crippen LogP contribution in [0.1, 0.15) is 17.7 Å². The number of aryl methyl sites for hydroxylation is 1. The van der Waals surface area contributed by atoms with E-state index in [1.54, 1.807) is 0 Å². The van der Waals surface area contributed by atoms with Gasteiger partial charge in [-0.3, -0.25) is 14.3 Å². The Morgan fingerprint density at radius 3 is 2.86 bits per heavy atom. The summed E-state index contributed by atoms with van der Waals surface area (Å²) in [6, 6.07) is 17.2. The SMILES string of the molecule is Cc1cc2nn(CN(Cc3ccccn3)C3CCSC3)c(=S)n2c2ccccc12. The van der Waals surface area contributed by atoms with Crippen LogP contribution < -0.4 is 0 Å². The van der Waals surface area contributed by atoms with Gasteiger partial charge in [-0.2, -0.15) is 16.9 Å². The highest BCUT2D eigenvalue weighted by atomic mass is 32.2. The van der Waals surface area contributed by atoms with Gasteiger partial charge in [0.05, 0.1) is 17.9 Å². The lowest BCUT2D eigenvalue weighted by molar-refractivity contribution is 0.145. The maximum atomic E-state index is 5.87. The molecule has 0 spiro atoms. The lowest BCUT2D eigenvalue weighted by atomic mass is 10.1. The number of rotatable bonds is 5. The molecule has 148 valence electrons. The highest BCUT2D eigenvalue weighted by molar-refractivity contribution is 7.99. The molecule has 1 aliphatic heterocycles. The average molecular weight is 422 g/mol. The summed E-state index contributed by atoms with van der Waals surface area (Å²) >= 11 is 7.89. The predicted molar refractivity (Wildman–Crippen MR) is 122 cm³/mol. The standard InChI is InChI=1S/C22H23N5S2/c1-16-12-21-24-26(22(28)27(21)20-8-3-2-7-19(16)20)15-25(18-9-11-29-14-18)13-17-6-4-5-10-23-17/h2-8,10,12,18H,9,11,13-15H2,1H3. The maximum absolute atomic E-state index is 5.87. The van der Waals surface area contributed by atoms with E-state index in [-0.39, 0.29) is 0 Å². The van der Waals surface area contributed by atoms with Gasteiger partial charge in [0.15, 0.2) is 5.65 Å². The minimum atomic E-state index is 0.521. The van der Waals surface area contributed by atoms with Crippen LogP contribution in [0.5, 0.6) is 0 Å². The van der Waals surface area contributed by atoms with Gasteiger partial charge in [-0.25, -0.2) is 4.68 Å². The van der Waals surface area contributed by atoms with E-state index < -0.39 is 0 Å². The van der Waals surface area contributed by atoms with Gasteiger partial charge < -0.3 is 0 Å². The first-order chi connectivity index (χ1) is 14.2. The molecule has 7 heteroatoms. The van der Waals surface area contributed by atoms with Gasteiger partial charge in [-0.15, -0.1) is 0 Å². The number of nitrogens with zero attached hydrogens (tertiary/aromatic N) is 5. The monoisotopic (exact) mass is 421 g/mol. The van der Waals surface area contributed by atoms with E-state index in [4.69, 9.17) is 17.3 Å². The molecule has 1 unspecified atom stereocenters.